The van der Waals surface area contributed by atoms with Gasteiger partial charge in [-0.25, -0.2) is 0 Å². The van der Waals surface area contributed by atoms with Crippen molar-refractivity contribution in [2.75, 3.05) is 18.1 Å². The van der Waals surface area contributed by atoms with E-state index < -0.39 is 0 Å². The van der Waals surface area contributed by atoms with Gasteiger partial charge in [-0.1, -0.05) is 30.3 Å². The fraction of sp³-hybridized carbons (Fsp3) is 0.176. The van der Waals surface area contributed by atoms with Crippen molar-refractivity contribution in [1.29, 1.82) is 0 Å². The molecule has 0 heterocycles. The molecule has 2 amide bonds. The minimum Gasteiger partial charge on any atom is -0.352 e. The average molecular weight is 314 g/mol. The zero-order chi connectivity index (χ0) is 15.8. The summed E-state index contributed by atoms with van der Waals surface area (Å²) in [6.07, 6.45) is 2.20. The summed E-state index contributed by atoms with van der Waals surface area (Å²) in [6.45, 7) is 0.307. The largest absolute Gasteiger partial charge is 0.352 e. The molecular weight excluding hydrogens is 296 g/mol. The van der Waals surface area contributed by atoms with Crippen LogP contribution < -0.4 is 10.6 Å². The van der Waals surface area contributed by atoms with E-state index in [1.165, 1.54) is 0 Å². The van der Waals surface area contributed by atoms with Gasteiger partial charge >= 0.3 is 0 Å². The Morgan fingerprint density at radius 3 is 2.41 bits per heavy atom. The molecule has 114 valence electrons. The van der Waals surface area contributed by atoms with E-state index in [9.17, 15) is 9.59 Å². The molecule has 2 aromatic rings. The van der Waals surface area contributed by atoms with Crippen LogP contribution in [-0.2, 0) is 4.79 Å². The molecule has 0 bridgehead atoms. The third-order valence-electron chi connectivity index (χ3n) is 3.05. The fourth-order valence-corrected chi connectivity index (χ4v) is 2.50. The third-order valence-corrected chi connectivity index (χ3v) is 3.85. The van der Waals surface area contributed by atoms with Crippen molar-refractivity contribution in [1.82, 2.24) is 5.32 Å². The van der Waals surface area contributed by atoms with Crippen LogP contribution in [0.3, 0.4) is 0 Å². The summed E-state index contributed by atoms with van der Waals surface area (Å²) in [5.74, 6) is -0.284. The second-order valence-electron chi connectivity index (χ2n) is 4.62. The number of hydrogen-bond donors (Lipinski definition) is 2. The summed E-state index contributed by atoms with van der Waals surface area (Å²) >= 11 is 1.58. The molecule has 0 aliphatic rings. The van der Waals surface area contributed by atoms with E-state index in [0.29, 0.717) is 12.1 Å². The van der Waals surface area contributed by atoms with Crippen molar-refractivity contribution in [2.24, 2.45) is 0 Å². The Balaban J connectivity index is 1.80. The molecule has 2 rings (SSSR count). The molecule has 4 nitrogen and oxygen atoms in total. The second-order valence-corrected chi connectivity index (χ2v) is 5.47. The van der Waals surface area contributed by atoms with Gasteiger partial charge in [0.15, 0.2) is 0 Å². The molecule has 0 aromatic heterocycles. The van der Waals surface area contributed by atoms with Gasteiger partial charge < -0.3 is 10.6 Å². The van der Waals surface area contributed by atoms with Gasteiger partial charge in [-0.2, -0.15) is 0 Å². The highest BCUT2D eigenvalue weighted by Gasteiger charge is 2.08. The van der Waals surface area contributed by atoms with Gasteiger partial charge in [0.25, 0.3) is 5.91 Å². The number of hydrogen-bond acceptors (Lipinski definition) is 3. The van der Waals surface area contributed by atoms with Crippen molar-refractivity contribution >= 4 is 29.3 Å². The Morgan fingerprint density at radius 2 is 1.68 bits per heavy atom. The monoisotopic (exact) mass is 314 g/mol. The van der Waals surface area contributed by atoms with Gasteiger partial charge in [-0.3, -0.25) is 9.59 Å². The van der Waals surface area contributed by atoms with Crippen LogP contribution in [0.1, 0.15) is 16.8 Å². The molecule has 0 radical (unpaired) electrons. The number of nitrogens with one attached hydrogen (secondary N) is 2. The van der Waals surface area contributed by atoms with E-state index in [0.717, 1.165) is 10.6 Å². The van der Waals surface area contributed by atoms with Crippen LogP contribution in [0.5, 0.6) is 0 Å². The predicted octanol–water partition coefficient (Wildman–Crippen LogP) is 3.17. The van der Waals surface area contributed by atoms with Crippen LogP contribution in [0.4, 0.5) is 5.69 Å². The topological polar surface area (TPSA) is 58.2 Å². The lowest BCUT2D eigenvalue weighted by Crippen LogP contribution is -2.27. The minimum atomic E-state index is -0.169. The van der Waals surface area contributed by atoms with Crippen LogP contribution in [-0.4, -0.2) is 24.6 Å². The lowest BCUT2D eigenvalue weighted by Gasteiger charge is -2.09. The first kappa shape index (κ1) is 16.1. The van der Waals surface area contributed by atoms with Crippen molar-refractivity contribution in [3.05, 3.63) is 60.2 Å². The first-order valence-corrected chi connectivity index (χ1v) is 8.19. The van der Waals surface area contributed by atoms with Crippen LogP contribution in [0, 0.1) is 0 Å². The highest BCUT2D eigenvalue weighted by atomic mass is 32.2. The lowest BCUT2D eigenvalue weighted by molar-refractivity contribution is -0.116. The molecule has 2 N–H and O–H groups in total. The number of benzene rings is 2. The van der Waals surface area contributed by atoms with E-state index in [1.807, 2.05) is 36.6 Å². The lowest BCUT2D eigenvalue weighted by atomic mass is 10.2. The van der Waals surface area contributed by atoms with E-state index in [4.69, 9.17) is 0 Å². The molecule has 0 saturated carbocycles. The van der Waals surface area contributed by atoms with Gasteiger partial charge in [0.1, 0.15) is 0 Å². The van der Waals surface area contributed by atoms with Crippen LogP contribution >= 0.6 is 11.8 Å². The highest BCUT2D eigenvalue weighted by molar-refractivity contribution is 7.98. The van der Waals surface area contributed by atoms with Crippen molar-refractivity contribution < 1.29 is 9.59 Å². The molecule has 0 fully saturated rings. The Morgan fingerprint density at radius 1 is 1.00 bits per heavy atom. The molecule has 0 spiro atoms. The molecular formula is C17H18N2O2S. The normalized spacial score (nSPS) is 10.0. The zero-order valence-electron chi connectivity index (χ0n) is 12.3. The molecule has 0 atom stereocenters. The van der Waals surface area contributed by atoms with Gasteiger partial charge in [-0.05, 0) is 30.5 Å². The van der Waals surface area contributed by atoms with Crippen molar-refractivity contribution in [3.8, 4) is 0 Å². The van der Waals surface area contributed by atoms with Crippen LogP contribution in [0.15, 0.2) is 59.5 Å². The quantitative estimate of drug-likeness (QED) is 0.805. The Labute approximate surface area is 134 Å². The first-order valence-electron chi connectivity index (χ1n) is 6.97. The zero-order valence-corrected chi connectivity index (χ0v) is 13.2. The number of rotatable bonds is 6. The smallest absolute Gasteiger partial charge is 0.251 e. The molecule has 0 aliphatic carbocycles. The van der Waals surface area contributed by atoms with E-state index in [-0.39, 0.29) is 18.2 Å². The highest BCUT2D eigenvalue weighted by Crippen LogP contribution is 2.24. The maximum Gasteiger partial charge on any atom is 0.251 e. The van der Waals surface area contributed by atoms with E-state index >= 15 is 0 Å². The van der Waals surface area contributed by atoms with Gasteiger partial charge in [0.2, 0.25) is 5.91 Å². The standard InChI is InChI=1S/C17H18N2O2S/c1-22-15-10-6-5-9-14(15)19-16(20)11-12-18-17(21)13-7-3-2-4-8-13/h2-10H,11-12H2,1H3,(H,18,21)(H,19,20). The molecule has 0 aliphatic heterocycles. The summed E-state index contributed by atoms with van der Waals surface area (Å²) < 4.78 is 0. The van der Waals surface area contributed by atoms with Crippen LogP contribution in [0.2, 0.25) is 0 Å². The summed E-state index contributed by atoms with van der Waals surface area (Å²) in [5.41, 5.74) is 1.39. The van der Waals surface area contributed by atoms with Crippen molar-refractivity contribution in [2.45, 2.75) is 11.3 Å². The number of para-hydroxylation sites is 1. The number of carbonyl (C=O) groups excluding carboxylic acids is 2. The number of thioether (sulfide) groups is 1. The first-order chi connectivity index (χ1) is 10.7. The maximum atomic E-state index is 11.9. The Kier molecular flexibility index (Phi) is 6.03. The number of amides is 2. The summed E-state index contributed by atoms with van der Waals surface area (Å²) in [6, 6.07) is 16.6. The molecule has 0 saturated heterocycles. The molecule has 22 heavy (non-hydrogen) atoms. The van der Waals surface area contributed by atoms with E-state index in [2.05, 4.69) is 10.6 Å². The summed E-state index contributed by atoms with van der Waals surface area (Å²) in [5, 5.41) is 5.60. The number of anilines is 1. The average Bonchev–Trinajstić information content (AvgIpc) is 2.56. The maximum absolute atomic E-state index is 11.9. The van der Waals surface area contributed by atoms with E-state index in [1.54, 1.807) is 36.0 Å². The van der Waals surface area contributed by atoms with Crippen molar-refractivity contribution in [3.63, 3.8) is 0 Å². The second kappa shape index (κ2) is 8.24. The predicted molar refractivity (Wildman–Crippen MR) is 90.2 cm³/mol. The van der Waals surface area contributed by atoms with Gasteiger partial charge in [0.05, 0.1) is 5.69 Å². The fourth-order valence-electron chi connectivity index (χ4n) is 1.94. The summed E-state index contributed by atoms with van der Waals surface area (Å²) in [4.78, 5) is 24.8. The molecule has 2 aromatic carbocycles. The number of carbonyl (C=O) groups is 2. The summed E-state index contributed by atoms with van der Waals surface area (Å²) in [7, 11) is 0. The van der Waals surface area contributed by atoms with Crippen LogP contribution in [0.25, 0.3) is 0 Å². The Bertz CT molecular complexity index is 644. The molecule has 0 unspecified atom stereocenters. The minimum absolute atomic E-state index is 0.116. The SMILES string of the molecule is CSc1ccccc1NC(=O)CCNC(=O)c1ccccc1. The van der Waals surface area contributed by atoms with Gasteiger partial charge in [-0.15, -0.1) is 11.8 Å². The van der Waals surface area contributed by atoms with Gasteiger partial charge in [0, 0.05) is 23.4 Å². The molecule has 5 heteroatoms. The third kappa shape index (κ3) is 4.63. The Hall–Kier alpha value is -2.27.